The van der Waals surface area contributed by atoms with Gasteiger partial charge >= 0.3 is 0 Å². The van der Waals surface area contributed by atoms with Crippen LogP contribution in [0, 0.1) is 6.92 Å². The number of hydrazone groups is 1. The van der Waals surface area contributed by atoms with E-state index in [1.165, 1.54) is 24.7 Å². The molecule has 6 nitrogen and oxygen atoms in total. The monoisotopic (exact) mass is 286 g/mol. The molecular weight excluding hydrogens is 270 g/mol. The fourth-order valence-electron chi connectivity index (χ4n) is 2.22. The second-order valence-electron chi connectivity index (χ2n) is 4.93. The number of amides is 1. The van der Waals surface area contributed by atoms with E-state index in [2.05, 4.69) is 10.2 Å². The van der Waals surface area contributed by atoms with Gasteiger partial charge in [0, 0.05) is 24.0 Å². The van der Waals surface area contributed by atoms with Crippen LogP contribution in [0.15, 0.2) is 17.4 Å². The van der Waals surface area contributed by atoms with Gasteiger partial charge in [-0.25, -0.2) is 8.78 Å². The molecule has 1 N–H and O–H groups in total. The lowest BCUT2D eigenvalue weighted by molar-refractivity contribution is -0.194. The van der Waals surface area contributed by atoms with E-state index in [9.17, 15) is 18.7 Å². The molecule has 1 aliphatic rings. The predicted molar refractivity (Wildman–Crippen MR) is 67.2 cm³/mol. The van der Waals surface area contributed by atoms with Crippen LogP contribution in [0.25, 0.3) is 0 Å². The molecule has 1 amide bonds. The minimum atomic E-state index is -3.10. The maximum Gasteiger partial charge on any atom is 0.287 e. The Bertz CT molecular complexity index is 557. The molecule has 1 aromatic rings. The largest absolute Gasteiger partial charge is 0.364 e. The molecule has 0 aliphatic carbocycles. The SMILES string of the molecule is CC1=NN(C(=O)[C@@H](C)n2nccc2C)[C@](O)(C(F)F)C1. The normalized spacial score (nSPS) is 24.1. The smallest absolute Gasteiger partial charge is 0.287 e. The van der Waals surface area contributed by atoms with E-state index in [1.807, 2.05) is 0 Å². The summed E-state index contributed by atoms with van der Waals surface area (Å²) in [5.41, 5.74) is -1.58. The van der Waals surface area contributed by atoms with Crippen LogP contribution < -0.4 is 0 Å². The molecule has 8 heteroatoms. The van der Waals surface area contributed by atoms with Gasteiger partial charge in [-0.1, -0.05) is 0 Å². The Morgan fingerprint density at radius 3 is 2.65 bits per heavy atom. The summed E-state index contributed by atoms with van der Waals surface area (Å²) < 4.78 is 27.5. The van der Waals surface area contributed by atoms with E-state index < -0.39 is 24.1 Å². The topological polar surface area (TPSA) is 70.7 Å². The number of alkyl halides is 2. The molecule has 0 spiro atoms. The fraction of sp³-hybridized carbons (Fsp3) is 0.583. The van der Waals surface area contributed by atoms with Crippen LogP contribution >= 0.6 is 0 Å². The zero-order valence-electron chi connectivity index (χ0n) is 11.4. The Balaban J connectivity index is 2.30. The number of aliphatic hydroxyl groups is 1. The lowest BCUT2D eigenvalue weighted by Crippen LogP contribution is -2.53. The van der Waals surface area contributed by atoms with Crippen LogP contribution in [0.1, 0.15) is 32.0 Å². The molecule has 0 saturated carbocycles. The summed E-state index contributed by atoms with van der Waals surface area (Å²) in [6.45, 7) is 4.76. The molecule has 2 atom stereocenters. The maximum absolute atomic E-state index is 13.1. The quantitative estimate of drug-likeness (QED) is 0.910. The summed E-state index contributed by atoms with van der Waals surface area (Å²) in [5, 5.41) is 18.2. The Kier molecular flexibility index (Phi) is 3.59. The highest BCUT2D eigenvalue weighted by Gasteiger charge is 2.51. The Morgan fingerprint density at radius 2 is 2.15 bits per heavy atom. The van der Waals surface area contributed by atoms with Gasteiger partial charge in [0.25, 0.3) is 12.3 Å². The third kappa shape index (κ3) is 2.20. The molecule has 1 aliphatic heterocycles. The third-order valence-corrected chi connectivity index (χ3v) is 3.30. The summed E-state index contributed by atoms with van der Waals surface area (Å²) in [4.78, 5) is 12.3. The minimum absolute atomic E-state index is 0.283. The zero-order valence-corrected chi connectivity index (χ0v) is 11.4. The Morgan fingerprint density at radius 1 is 1.50 bits per heavy atom. The van der Waals surface area contributed by atoms with E-state index in [-0.39, 0.29) is 12.1 Å². The van der Waals surface area contributed by atoms with Crippen molar-refractivity contribution in [2.75, 3.05) is 0 Å². The van der Waals surface area contributed by atoms with Crippen molar-refractivity contribution in [1.82, 2.24) is 14.8 Å². The van der Waals surface area contributed by atoms with E-state index in [1.54, 1.807) is 13.0 Å². The highest BCUT2D eigenvalue weighted by Crippen LogP contribution is 2.33. The number of nitrogens with zero attached hydrogens (tertiary/aromatic N) is 4. The van der Waals surface area contributed by atoms with Gasteiger partial charge in [0.05, 0.1) is 0 Å². The number of halogens is 2. The number of aryl methyl sites for hydroxylation is 1. The first-order valence-electron chi connectivity index (χ1n) is 6.16. The summed E-state index contributed by atoms with van der Waals surface area (Å²) >= 11 is 0. The van der Waals surface area contributed by atoms with Crippen LogP contribution in [0.5, 0.6) is 0 Å². The van der Waals surface area contributed by atoms with Gasteiger partial charge in [0.2, 0.25) is 5.72 Å². The van der Waals surface area contributed by atoms with Crippen molar-refractivity contribution in [2.24, 2.45) is 5.10 Å². The predicted octanol–water partition coefficient (Wildman–Crippen LogP) is 1.31. The first kappa shape index (κ1) is 14.6. The van der Waals surface area contributed by atoms with Crippen LogP contribution in [0.2, 0.25) is 0 Å². The van der Waals surface area contributed by atoms with Gasteiger partial charge in [-0.3, -0.25) is 9.48 Å². The summed E-state index contributed by atoms with van der Waals surface area (Å²) in [6.07, 6.45) is -1.95. The Labute approximate surface area is 114 Å². The molecule has 1 aromatic heterocycles. The van der Waals surface area contributed by atoms with Gasteiger partial charge in [-0.15, -0.1) is 0 Å². The lowest BCUT2D eigenvalue weighted by atomic mass is 10.1. The van der Waals surface area contributed by atoms with Crippen molar-refractivity contribution >= 4 is 11.6 Å². The fourth-order valence-corrected chi connectivity index (χ4v) is 2.22. The van der Waals surface area contributed by atoms with E-state index in [4.69, 9.17) is 0 Å². The zero-order chi connectivity index (χ0) is 15.1. The average Bonchev–Trinajstić information content (AvgIpc) is 2.92. The number of hydrogen-bond donors (Lipinski definition) is 1. The van der Waals surface area contributed by atoms with Crippen molar-refractivity contribution in [1.29, 1.82) is 0 Å². The van der Waals surface area contributed by atoms with Crippen molar-refractivity contribution < 1.29 is 18.7 Å². The number of hydrogen-bond acceptors (Lipinski definition) is 4. The molecule has 2 heterocycles. The molecule has 110 valence electrons. The molecule has 0 bridgehead atoms. The van der Waals surface area contributed by atoms with E-state index in [0.717, 1.165) is 0 Å². The lowest BCUT2D eigenvalue weighted by Gasteiger charge is -2.31. The van der Waals surface area contributed by atoms with E-state index in [0.29, 0.717) is 10.7 Å². The van der Waals surface area contributed by atoms with Crippen molar-refractivity contribution in [3.63, 3.8) is 0 Å². The second kappa shape index (κ2) is 4.93. The molecule has 2 rings (SSSR count). The molecule has 20 heavy (non-hydrogen) atoms. The van der Waals surface area contributed by atoms with Crippen LogP contribution in [-0.2, 0) is 4.79 Å². The average molecular weight is 286 g/mol. The summed E-state index contributed by atoms with van der Waals surface area (Å²) in [5.74, 6) is -0.726. The van der Waals surface area contributed by atoms with Crippen LogP contribution in [0.4, 0.5) is 8.78 Å². The number of rotatable bonds is 3. The first-order chi connectivity index (χ1) is 9.27. The van der Waals surface area contributed by atoms with Crippen LogP contribution in [-0.4, -0.2) is 43.7 Å². The van der Waals surface area contributed by atoms with Gasteiger partial charge in [0.15, 0.2) is 0 Å². The van der Waals surface area contributed by atoms with E-state index >= 15 is 0 Å². The number of carbonyl (C=O) groups is 1. The van der Waals surface area contributed by atoms with Gasteiger partial charge in [-0.2, -0.15) is 15.2 Å². The second-order valence-corrected chi connectivity index (χ2v) is 4.93. The Hall–Kier alpha value is -1.83. The highest BCUT2D eigenvalue weighted by molar-refractivity contribution is 5.90. The van der Waals surface area contributed by atoms with Gasteiger partial charge in [0.1, 0.15) is 6.04 Å². The van der Waals surface area contributed by atoms with Gasteiger partial charge < -0.3 is 5.11 Å². The highest BCUT2D eigenvalue weighted by atomic mass is 19.3. The molecule has 0 fully saturated rings. The minimum Gasteiger partial charge on any atom is -0.364 e. The molecule has 0 saturated heterocycles. The van der Waals surface area contributed by atoms with Gasteiger partial charge in [-0.05, 0) is 26.8 Å². The number of carbonyl (C=O) groups excluding carboxylic acids is 1. The van der Waals surface area contributed by atoms with Crippen molar-refractivity contribution in [3.05, 3.63) is 18.0 Å². The molecular formula is C12H16F2N4O2. The molecule has 0 aromatic carbocycles. The number of aromatic nitrogens is 2. The van der Waals surface area contributed by atoms with Crippen molar-refractivity contribution in [2.45, 2.75) is 45.4 Å². The molecule has 0 radical (unpaired) electrons. The third-order valence-electron chi connectivity index (χ3n) is 3.30. The standard InChI is InChI=1S/C12H16F2N4O2/c1-7-6-12(20,11(13)14)18(16-7)10(19)9(3)17-8(2)4-5-15-17/h4-5,9,11,20H,6H2,1-3H3/t9-,12-/m1/s1. The first-order valence-corrected chi connectivity index (χ1v) is 6.16. The van der Waals surface area contributed by atoms with Crippen molar-refractivity contribution in [3.8, 4) is 0 Å². The molecule has 0 unspecified atom stereocenters. The summed E-state index contributed by atoms with van der Waals surface area (Å²) in [6, 6.07) is 0.867. The van der Waals surface area contributed by atoms with Crippen LogP contribution in [0.3, 0.4) is 0 Å². The summed E-state index contributed by atoms with van der Waals surface area (Å²) in [7, 11) is 0. The maximum atomic E-state index is 13.1.